The van der Waals surface area contributed by atoms with Crippen molar-refractivity contribution in [3.8, 4) is 5.69 Å². The van der Waals surface area contributed by atoms with Crippen molar-refractivity contribution in [2.24, 2.45) is 5.92 Å². The molecule has 1 heterocycles. The fourth-order valence-electron chi connectivity index (χ4n) is 3.13. The minimum absolute atomic E-state index is 0.0238. The van der Waals surface area contributed by atoms with Crippen molar-refractivity contribution >= 4 is 6.03 Å². The van der Waals surface area contributed by atoms with Gasteiger partial charge in [0, 0.05) is 31.5 Å². The monoisotopic (exact) mass is 342 g/mol. The summed E-state index contributed by atoms with van der Waals surface area (Å²) in [6.07, 6.45) is 8.06. The number of nitrogens with one attached hydrogen (secondary N) is 1. The van der Waals surface area contributed by atoms with E-state index in [0.29, 0.717) is 24.2 Å². The Bertz CT molecular complexity index is 779. The first kappa shape index (κ1) is 16.1. The lowest BCUT2D eigenvalue weighted by Gasteiger charge is -2.22. The van der Waals surface area contributed by atoms with Crippen molar-refractivity contribution in [2.45, 2.75) is 45.2 Å². The van der Waals surface area contributed by atoms with Crippen LogP contribution in [0.1, 0.15) is 37.1 Å². The first-order valence-corrected chi connectivity index (χ1v) is 8.95. The molecule has 2 aliphatic rings. The molecular formula is C19H23FN4O. The minimum atomic E-state index is -0.315. The first-order valence-electron chi connectivity index (χ1n) is 8.95. The van der Waals surface area contributed by atoms with Crippen LogP contribution >= 0.6 is 0 Å². The molecule has 0 spiro atoms. The second kappa shape index (κ2) is 6.50. The van der Waals surface area contributed by atoms with Crippen LogP contribution in [0.3, 0.4) is 0 Å². The number of halogens is 1. The summed E-state index contributed by atoms with van der Waals surface area (Å²) in [4.78, 5) is 18.5. The molecule has 2 saturated carbocycles. The van der Waals surface area contributed by atoms with Crippen molar-refractivity contribution in [1.29, 1.82) is 0 Å². The normalized spacial score (nSPS) is 16.7. The number of amides is 2. The highest BCUT2D eigenvalue weighted by molar-refractivity contribution is 5.75. The van der Waals surface area contributed by atoms with Crippen molar-refractivity contribution < 1.29 is 9.18 Å². The zero-order valence-electron chi connectivity index (χ0n) is 14.4. The number of rotatable bonds is 6. The van der Waals surface area contributed by atoms with Crippen molar-refractivity contribution in [3.63, 3.8) is 0 Å². The Labute approximate surface area is 146 Å². The molecule has 1 N–H and O–H groups in total. The standard InChI is InChI=1S/C19H23FN4O/c1-13-21-8-9-23(13)18-7-4-15(10-17(18)20)11-22-19(25)24(16-5-6-16)12-14-2-3-14/h4,7-10,14,16H,2-3,5-6,11-12H2,1H3,(H,22,25). The van der Waals surface area contributed by atoms with Crippen LogP contribution in [-0.2, 0) is 6.54 Å². The maximum Gasteiger partial charge on any atom is 0.317 e. The van der Waals surface area contributed by atoms with Gasteiger partial charge in [-0.2, -0.15) is 0 Å². The lowest BCUT2D eigenvalue weighted by molar-refractivity contribution is 0.191. The van der Waals surface area contributed by atoms with Gasteiger partial charge in [0.25, 0.3) is 0 Å². The predicted molar refractivity (Wildman–Crippen MR) is 92.9 cm³/mol. The van der Waals surface area contributed by atoms with E-state index in [9.17, 15) is 9.18 Å². The Balaban J connectivity index is 1.40. The third-order valence-electron chi connectivity index (χ3n) is 4.94. The van der Waals surface area contributed by atoms with Gasteiger partial charge in [0.05, 0.1) is 5.69 Å². The minimum Gasteiger partial charge on any atom is -0.334 e. The number of carbonyl (C=O) groups is 1. The molecule has 2 amide bonds. The number of benzene rings is 1. The quantitative estimate of drug-likeness (QED) is 0.875. The van der Waals surface area contributed by atoms with E-state index in [2.05, 4.69) is 10.3 Å². The third-order valence-corrected chi connectivity index (χ3v) is 4.94. The molecule has 2 aliphatic carbocycles. The zero-order valence-corrected chi connectivity index (χ0v) is 14.4. The second-order valence-electron chi connectivity index (χ2n) is 7.12. The SMILES string of the molecule is Cc1nccn1-c1ccc(CNC(=O)N(CC2CC2)C2CC2)cc1F. The van der Waals surface area contributed by atoms with E-state index < -0.39 is 0 Å². The summed E-state index contributed by atoms with van der Waals surface area (Å²) in [5.74, 6) is 1.10. The van der Waals surface area contributed by atoms with Gasteiger partial charge >= 0.3 is 6.03 Å². The van der Waals surface area contributed by atoms with Gasteiger partial charge in [-0.3, -0.25) is 0 Å². The average molecular weight is 342 g/mol. The third kappa shape index (κ3) is 3.67. The molecule has 1 aromatic carbocycles. The number of aryl methyl sites for hydroxylation is 1. The molecule has 4 rings (SSSR count). The molecule has 2 fully saturated rings. The highest BCUT2D eigenvalue weighted by atomic mass is 19.1. The molecule has 6 heteroatoms. The summed E-state index contributed by atoms with van der Waals surface area (Å²) in [6.45, 7) is 3.04. The summed E-state index contributed by atoms with van der Waals surface area (Å²) in [5.41, 5.74) is 1.23. The van der Waals surface area contributed by atoms with E-state index >= 15 is 0 Å². The van der Waals surface area contributed by atoms with E-state index in [4.69, 9.17) is 0 Å². The summed E-state index contributed by atoms with van der Waals surface area (Å²) >= 11 is 0. The molecule has 25 heavy (non-hydrogen) atoms. The fraction of sp³-hybridized carbons (Fsp3) is 0.474. The summed E-state index contributed by atoms with van der Waals surface area (Å²) in [6, 6.07) is 5.44. The average Bonchev–Trinajstić information content (AvgIpc) is 3.50. The molecule has 0 unspecified atom stereocenters. The molecule has 0 bridgehead atoms. The summed E-state index contributed by atoms with van der Waals surface area (Å²) < 4.78 is 16.1. The Morgan fingerprint density at radius 2 is 2.16 bits per heavy atom. The van der Waals surface area contributed by atoms with Gasteiger partial charge in [0.2, 0.25) is 0 Å². The van der Waals surface area contributed by atoms with Crippen molar-refractivity contribution in [2.75, 3.05) is 6.54 Å². The second-order valence-corrected chi connectivity index (χ2v) is 7.12. The van der Waals surface area contributed by atoms with E-state index in [1.165, 1.54) is 18.9 Å². The van der Waals surface area contributed by atoms with E-state index in [1.807, 2.05) is 17.9 Å². The largest absolute Gasteiger partial charge is 0.334 e. The van der Waals surface area contributed by atoms with Gasteiger partial charge in [-0.1, -0.05) is 6.07 Å². The maximum absolute atomic E-state index is 14.4. The Morgan fingerprint density at radius 3 is 2.76 bits per heavy atom. The predicted octanol–water partition coefficient (Wildman–Crippen LogP) is 3.40. The lowest BCUT2D eigenvalue weighted by Crippen LogP contribution is -2.42. The Kier molecular flexibility index (Phi) is 4.19. The zero-order chi connectivity index (χ0) is 17.4. The number of urea groups is 1. The molecule has 2 aromatic rings. The smallest absolute Gasteiger partial charge is 0.317 e. The van der Waals surface area contributed by atoms with Crippen LogP contribution in [0.15, 0.2) is 30.6 Å². The molecular weight excluding hydrogens is 319 g/mol. The van der Waals surface area contributed by atoms with Gasteiger partial charge < -0.3 is 14.8 Å². The van der Waals surface area contributed by atoms with E-state index in [0.717, 1.165) is 30.8 Å². The topological polar surface area (TPSA) is 50.2 Å². The number of hydrogen-bond acceptors (Lipinski definition) is 2. The van der Waals surface area contributed by atoms with Gasteiger partial charge in [-0.05, 0) is 56.2 Å². The summed E-state index contributed by atoms with van der Waals surface area (Å²) in [5, 5.41) is 2.95. The van der Waals surface area contributed by atoms with Crippen LogP contribution in [0.25, 0.3) is 5.69 Å². The fourth-order valence-corrected chi connectivity index (χ4v) is 3.13. The van der Waals surface area contributed by atoms with Crippen LogP contribution < -0.4 is 5.32 Å². The highest BCUT2D eigenvalue weighted by Crippen LogP contribution is 2.34. The summed E-state index contributed by atoms with van der Waals surface area (Å²) in [7, 11) is 0. The number of imidazole rings is 1. The van der Waals surface area contributed by atoms with Crippen molar-refractivity contribution in [3.05, 3.63) is 47.8 Å². The number of carbonyl (C=O) groups excluding carboxylic acids is 1. The van der Waals surface area contributed by atoms with Crippen LogP contribution in [-0.4, -0.2) is 33.1 Å². The Hall–Kier alpha value is -2.37. The van der Waals surface area contributed by atoms with Gasteiger partial charge in [-0.25, -0.2) is 14.2 Å². The van der Waals surface area contributed by atoms with Gasteiger partial charge in [0.1, 0.15) is 11.6 Å². The number of nitrogens with zero attached hydrogens (tertiary/aromatic N) is 3. The number of aromatic nitrogens is 2. The molecule has 0 saturated heterocycles. The molecule has 5 nitrogen and oxygen atoms in total. The Morgan fingerprint density at radius 1 is 1.36 bits per heavy atom. The van der Waals surface area contributed by atoms with E-state index in [1.54, 1.807) is 23.0 Å². The molecule has 132 valence electrons. The maximum atomic E-state index is 14.4. The molecule has 1 aromatic heterocycles. The van der Waals surface area contributed by atoms with Crippen molar-refractivity contribution in [1.82, 2.24) is 19.8 Å². The van der Waals surface area contributed by atoms with E-state index in [-0.39, 0.29) is 11.8 Å². The van der Waals surface area contributed by atoms with Crippen LogP contribution in [0.4, 0.5) is 9.18 Å². The van der Waals surface area contributed by atoms with Crippen LogP contribution in [0, 0.1) is 18.7 Å². The van der Waals surface area contributed by atoms with Gasteiger partial charge in [-0.15, -0.1) is 0 Å². The number of hydrogen-bond donors (Lipinski definition) is 1. The van der Waals surface area contributed by atoms with Crippen LogP contribution in [0.5, 0.6) is 0 Å². The van der Waals surface area contributed by atoms with Crippen LogP contribution in [0.2, 0.25) is 0 Å². The highest BCUT2D eigenvalue weighted by Gasteiger charge is 2.36. The van der Waals surface area contributed by atoms with Gasteiger partial charge in [0.15, 0.2) is 0 Å². The molecule has 0 atom stereocenters. The molecule has 0 aliphatic heterocycles. The molecule has 0 radical (unpaired) electrons. The lowest BCUT2D eigenvalue weighted by atomic mass is 10.2. The first-order chi connectivity index (χ1) is 12.1.